The Morgan fingerprint density at radius 2 is 1.89 bits per heavy atom. The normalized spacial score (nSPS) is 13.1. The highest BCUT2D eigenvalue weighted by Crippen LogP contribution is 2.33. The number of hydrogen-bond donors (Lipinski definition) is 1. The summed E-state index contributed by atoms with van der Waals surface area (Å²) in [4.78, 5) is 12.4. The first kappa shape index (κ1) is 22.1. The Hall–Kier alpha value is -1.24. The Kier molecular flexibility index (Phi) is 7.22. The van der Waals surface area contributed by atoms with Crippen LogP contribution in [0.5, 0.6) is 0 Å². The van der Waals surface area contributed by atoms with Gasteiger partial charge in [0, 0.05) is 22.7 Å². The van der Waals surface area contributed by atoms with E-state index in [9.17, 15) is 4.79 Å². The van der Waals surface area contributed by atoms with E-state index in [1.165, 1.54) is 11.8 Å². The molecule has 0 saturated carbocycles. The van der Waals surface area contributed by atoms with Crippen molar-refractivity contribution in [3.05, 3.63) is 28.2 Å². The molecule has 0 bridgehead atoms. The zero-order valence-electron chi connectivity index (χ0n) is 16.5. The number of amides is 1. The highest BCUT2D eigenvalue weighted by molar-refractivity contribution is 8.00. The summed E-state index contributed by atoms with van der Waals surface area (Å²) in [6.45, 7) is 12.7. The van der Waals surface area contributed by atoms with Crippen LogP contribution in [-0.2, 0) is 11.3 Å². The molecule has 27 heavy (non-hydrogen) atoms. The summed E-state index contributed by atoms with van der Waals surface area (Å²) < 4.78 is 2.02. The number of rotatable bonds is 6. The number of carbonyl (C=O) groups is 1. The molecular weight excluding hydrogens is 403 g/mol. The van der Waals surface area contributed by atoms with Gasteiger partial charge in [0.1, 0.15) is 0 Å². The van der Waals surface area contributed by atoms with E-state index in [1.54, 1.807) is 12.1 Å². The van der Waals surface area contributed by atoms with Crippen molar-refractivity contribution in [2.24, 2.45) is 5.92 Å². The van der Waals surface area contributed by atoms with Crippen molar-refractivity contribution in [2.45, 2.75) is 64.0 Å². The Morgan fingerprint density at radius 3 is 2.44 bits per heavy atom. The second-order valence-electron chi connectivity index (χ2n) is 7.93. The van der Waals surface area contributed by atoms with Crippen LogP contribution in [-0.4, -0.2) is 31.5 Å². The second-order valence-corrected chi connectivity index (χ2v) is 10.1. The van der Waals surface area contributed by atoms with E-state index < -0.39 is 0 Å². The molecule has 2 aromatic rings. The lowest BCUT2D eigenvalue weighted by Crippen LogP contribution is -2.44. The summed E-state index contributed by atoms with van der Waals surface area (Å²) in [7, 11) is 0. The quantitative estimate of drug-likeness (QED) is 0.633. The standard InChI is InChI=1S/C19H26Cl2N4OS/c1-11(2)10-25-16(14-8-7-13(20)9-15(14)21)23-24-18(25)27-12(3)17(26)22-19(4,5)6/h7-9,11-12H,10H2,1-6H3,(H,22,26). The average Bonchev–Trinajstić information content (AvgIpc) is 2.87. The third kappa shape index (κ3) is 6.13. The number of aromatic nitrogens is 3. The number of thioether (sulfide) groups is 1. The minimum Gasteiger partial charge on any atom is -0.351 e. The largest absolute Gasteiger partial charge is 0.351 e. The van der Waals surface area contributed by atoms with E-state index in [0.29, 0.717) is 26.9 Å². The molecule has 0 aliphatic heterocycles. The monoisotopic (exact) mass is 428 g/mol. The molecule has 148 valence electrons. The lowest BCUT2D eigenvalue weighted by molar-refractivity contribution is -0.121. The molecule has 8 heteroatoms. The SMILES string of the molecule is CC(C)Cn1c(SC(C)C(=O)NC(C)(C)C)nnc1-c1ccc(Cl)cc1Cl. The fraction of sp³-hybridized carbons (Fsp3) is 0.526. The molecule has 2 rings (SSSR count). The van der Waals surface area contributed by atoms with E-state index in [4.69, 9.17) is 23.2 Å². The van der Waals surface area contributed by atoms with Gasteiger partial charge in [-0.05, 0) is 51.8 Å². The van der Waals surface area contributed by atoms with Gasteiger partial charge < -0.3 is 9.88 Å². The molecule has 0 radical (unpaired) electrons. The van der Waals surface area contributed by atoms with Crippen molar-refractivity contribution in [3.8, 4) is 11.4 Å². The van der Waals surface area contributed by atoms with Crippen molar-refractivity contribution < 1.29 is 4.79 Å². The van der Waals surface area contributed by atoms with Crippen molar-refractivity contribution in [2.75, 3.05) is 0 Å². The maximum Gasteiger partial charge on any atom is 0.233 e. The van der Waals surface area contributed by atoms with E-state index in [2.05, 4.69) is 29.4 Å². The van der Waals surface area contributed by atoms with Gasteiger partial charge in [-0.15, -0.1) is 10.2 Å². The number of halogens is 2. The first-order chi connectivity index (χ1) is 12.5. The second kappa shape index (κ2) is 8.84. The topological polar surface area (TPSA) is 59.8 Å². The summed E-state index contributed by atoms with van der Waals surface area (Å²) in [5.41, 5.74) is 0.493. The summed E-state index contributed by atoms with van der Waals surface area (Å²) in [6, 6.07) is 5.32. The summed E-state index contributed by atoms with van der Waals surface area (Å²) in [5, 5.41) is 13.2. The highest BCUT2D eigenvalue weighted by atomic mass is 35.5. The smallest absolute Gasteiger partial charge is 0.233 e. The molecule has 0 aliphatic rings. The zero-order chi connectivity index (χ0) is 20.4. The molecule has 1 unspecified atom stereocenters. The lowest BCUT2D eigenvalue weighted by atomic mass is 10.1. The third-order valence-electron chi connectivity index (χ3n) is 3.59. The maximum absolute atomic E-state index is 12.4. The molecule has 0 fully saturated rings. The number of benzene rings is 1. The van der Waals surface area contributed by atoms with Crippen LogP contribution in [0.1, 0.15) is 41.5 Å². The number of nitrogens with one attached hydrogen (secondary N) is 1. The minimum atomic E-state index is -0.298. The van der Waals surface area contributed by atoms with Crippen LogP contribution in [0.25, 0.3) is 11.4 Å². The molecule has 1 atom stereocenters. The minimum absolute atomic E-state index is 0.0299. The fourth-order valence-electron chi connectivity index (χ4n) is 2.46. The average molecular weight is 429 g/mol. The molecule has 1 amide bonds. The molecule has 5 nitrogen and oxygen atoms in total. The predicted octanol–water partition coefficient (Wildman–Crippen LogP) is 5.30. The van der Waals surface area contributed by atoms with Gasteiger partial charge in [-0.3, -0.25) is 4.79 Å². The van der Waals surface area contributed by atoms with Crippen LogP contribution < -0.4 is 5.32 Å². The molecule has 1 aromatic heterocycles. The van der Waals surface area contributed by atoms with Gasteiger partial charge in [-0.2, -0.15) is 0 Å². The Balaban J connectivity index is 2.34. The Morgan fingerprint density at radius 1 is 1.22 bits per heavy atom. The van der Waals surface area contributed by atoms with Crippen LogP contribution in [0, 0.1) is 5.92 Å². The third-order valence-corrected chi connectivity index (χ3v) is 5.21. The number of hydrogen-bond acceptors (Lipinski definition) is 4. The van der Waals surface area contributed by atoms with Crippen molar-refractivity contribution in [1.82, 2.24) is 20.1 Å². The lowest BCUT2D eigenvalue weighted by Gasteiger charge is -2.23. The van der Waals surface area contributed by atoms with Crippen molar-refractivity contribution in [1.29, 1.82) is 0 Å². The van der Waals surface area contributed by atoms with Gasteiger partial charge in [0.2, 0.25) is 5.91 Å². The Labute approximate surface area is 175 Å². The van der Waals surface area contributed by atoms with Crippen LogP contribution in [0.3, 0.4) is 0 Å². The number of carbonyl (C=O) groups excluding carboxylic acids is 1. The molecule has 0 aliphatic carbocycles. The van der Waals surface area contributed by atoms with Gasteiger partial charge in [-0.25, -0.2) is 0 Å². The molecular formula is C19H26Cl2N4OS. The zero-order valence-corrected chi connectivity index (χ0v) is 18.8. The van der Waals surface area contributed by atoms with Crippen LogP contribution in [0.15, 0.2) is 23.4 Å². The fourth-order valence-corrected chi connectivity index (χ4v) is 3.81. The van der Waals surface area contributed by atoms with E-state index >= 15 is 0 Å². The van der Waals surface area contributed by atoms with Gasteiger partial charge in [0.25, 0.3) is 0 Å². The van der Waals surface area contributed by atoms with Gasteiger partial charge in [0.05, 0.1) is 10.3 Å². The first-order valence-electron chi connectivity index (χ1n) is 8.85. The number of nitrogens with zero attached hydrogens (tertiary/aromatic N) is 3. The van der Waals surface area contributed by atoms with Crippen LogP contribution >= 0.6 is 35.0 Å². The molecule has 1 heterocycles. The van der Waals surface area contributed by atoms with Gasteiger partial charge in [-0.1, -0.05) is 48.8 Å². The molecule has 1 N–H and O–H groups in total. The van der Waals surface area contributed by atoms with E-state index in [1.807, 2.05) is 38.3 Å². The van der Waals surface area contributed by atoms with E-state index in [0.717, 1.165) is 12.1 Å². The molecule has 0 saturated heterocycles. The summed E-state index contributed by atoms with van der Waals surface area (Å²) in [6.07, 6.45) is 0. The van der Waals surface area contributed by atoms with Crippen molar-refractivity contribution >= 4 is 40.9 Å². The maximum atomic E-state index is 12.4. The van der Waals surface area contributed by atoms with Gasteiger partial charge >= 0.3 is 0 Å². The first-order valence-corrected chi connectivity index (χ1v) is 10.5. The highest BCUT2D eigenvalue weighted by Gasteiger charge is 2.24. The van der Waals surface area contributed by atoms with Crippen LogP contribution in [0.2, 0.25) is 10.0 Å². The van der Waals surface area contributed by atoms with Crippen molar-refractivity contribution in [3.63, 3.8) is 0 Å². The van der Waals surface area contributed by atoms with E-state index in [-0.39, 0.29) is 16.7 Å². The molecule has 1 aromatic carbocycles. The van der Waals surface area contributed by atoms with Crippen LogP contribution in [0.4, 0.5) is 0 Å². The Bertz CT molecular complexity index is 815. The summed E-state index contributed by atoms with van der Waals surface area (Å²) in [5.74, 6) is 1.03. The summed E-state index contributed by atoms with van der Waals surface area (Å²) >= 11 is 13.8. The molecule has 0 spiro atoms. The van der Waals surface area contributed by atoms with Gasteiger partial charge in [0.15, 0.2) is 11.0 Å². The predicted molar refractivity (Wildman–Crippen MR) is 114 cm³/mol.